The van der Waals surface area contributed by atoms with Gasteiger partial charge in [0.25, 0.3) is 0 Å². The Balaban J connectivity index is 1.75. The molecule has 130 valence electrons. The van der Waals surface area contributed by atoms with Crippen LogP contribution in [0.5, 0.6) is 5.75 Å². The summed E-state index contributed by atoms with van der Waals surface area (Å²) in [5.41, 5.74) is 5.44. The average molecular weight is 345 g/mol. The summed E-state index contributed by atoms with van der Waals surface area (Å²) in [7, 11) is 1.98. The van der Waals surface area contributed by atoms with E-state index in [1.807, 2.05) is 12.6 Å². The van der Waals surface area contributed by atoms with Crippen LogP contribution in [0.4, 0.5) is 0 Å². The van der Waals surface area contributed by atoms with Gasteiger partial charge < -0.3 is 10.1 Å². The smallest absolute Gasteiger partial charge is 0.124 e. The first-order valence-electron chi connectivity index (χ1n) is 8.98. The molecule has 3 nitrogen and oxygen atoms in total. The van der Waals surface area contributed by atoms with Crippen molar-refractivity contribution in [3.63, 3.8) is 0 Å². The normalized spacial score (nSPS) is 21.0. The molecular weight excluding hydrogens is 316 g/mol. The van der Waals surface area contributed by atoms with Crippen LogP contribution in [-0.4, -0.2) is 18.6 Å². The fourth-order valence-electron chi connectivity index (χ4n) is 3.45. The van der Waals surface area contributed by atoms with E-state index in [4.69, 9.17) is 4.74 Å². The molecule has 1 N–H and O–H groups in total. The van der Waals surface area contributed by atoms with Gasteiger partial charge in [0, 0.05) is 12.1 Å². The monoisotopic (exact) mass is 344 g/mol. The van der Waals surface area contributed by atoms with Crippen LogP contribution in [0.2, 0.25) is 0 Å². The van der Waals surface area contributed by atoms with Crippen molar-refractivity contribution in [2.45, 2.75) is 46.1 Å². The van der Waals surface area contributed by atoms with Crippen molar-refractivity contribution in [2.75, 3.05) is 13.7 Å². The maximum absolute atomic E-state index is 6.29. The third kappa shape index (κ3) is 4.17. The van der Waals surface area contributed by atoms with Crippen molar-refractivity contribution < 1.29 is 4.74 Å². The lowest BCUT2D eigenvalue weighted by Crippen LogP contribution is -2.19. The van der Waals surface area contributed by atoms with Gasteiger partial charge in [-0.15, -0.1) is 11.3 Å². The molecule has 0 amide bonds. The first-order chi connectivity index (χ1) is 11.7. The van der Waals surface area contributed by atoms with Crippen molar-refractivity contribution >= 4 is 11.3 Å². The summed E-state index contributed by atoms with van der Waals surface area (Å²) < 4.78 is 6.29. The highest BCUT2D eigenvalue weighted by Gasteiger charge is 2.19. The SMILES string of the molecule is CNCc1ccc(-c2scnc2C)cc1OCC1CCC(C)CC1. The largest absolute Gasteiger partial charge is 0.493 e. The molecule has 1 aliphatic carbocycles. The van der Waals surface area contributed by atoms with Gasteiger partial charge in [0.15, 0.2) is 0 Å². The molecule has 0 bridgehead atoms. The zero-order valence-corrected chi connectivity index (χ0v) is 15.8. The first-order valence-corrected chi connectivity index (χ1v) is 9.86. The minimum atomic E-state index is 0.706. The van der Waals surface area contributed by atoms with Crippen LogP contribution in [0, 0.1) is 18.8 Å². The minimum absolute atomic E-state index is 0.706. The number of benzene rings is 1. The lowest BCUT2D eigenvalue weighted by molar-refractivity contribution is 0.187. The van der Waals surface area contributed by atoms with Gasteiger partial charge in [0.2, 0.25) is 0 Å². The zero-order valence-electron chi connectivity index (χ0n) is 15.0. The Hall–Kier alpha value is -1.39. The second-order valence-corrected chi connectivity index (χ2v) is 7.91. The Morgan fingerprint density at radius 2 is 2.04 bits per heavy atom. The molecule has 0 spiro atoms. The molecule has 2 aromatic rings. The summed E-state index contributed by atoms with van der Waals surface area (Å²) >= 11 is 1.69. The number of hydrogen-bond donors (Lipinski definition) is 1. The van der Waals surface area contributed by atoms with E-state index in [2.05, 4.69) is 42.3 Å². The van der Waals surface area contributed by atoms with Gasteiger partial charge in [-0.1, -0.05) is 31.9 Å². The van der Waals surface area contributed by atoms with Gasteiger partial charge in [-0.25, -0.2) is 4.98 Å². The van der Waals surface area contributed by atoms with Crippen LogP contribution >= 0.6 is 11.3 Å². The highest BCUT2D eigenvalue weighted by Crippen LogP contribution is 2.33. The predicted octanol–water partition coefficient (Wildman–Crippen LogP) is 5.04. The standard InChI is InChI=1S/C20H28N2OS/c1-14-4-6-16(7-5-14)12-23-19-10-17(8-9-18(19)11-21-3)20-15(2)22-13-24-20/h8-10,13-14,16,21H,4-7,11-12H2,1-3H3. The fourth-order valence-corrected chi connectivity index (χ4v) is 4.25. The van der Waals surface area contributed by atoms with Crippen molar-refractivity contribution in [1.29, 1.82) is 0 Å². The van der Waals surface area contributed by atoms with Crippen LogP contribution < -0.4 is 10.1 Å². The number of ether oxygens (including phenoxy) is 1. The van der Waals surface area contributed by atoms with Gasteiger partial charge in [-0.2, -0.15) is 0 Å². The molecule has 1 aliphatic rings. The molecule has 0 saturated heterocycles. The summed E-state index contributed by atoms with van der Waals surface area (Å²) in [5.74, 6) is 2.62. The molecule has 24 heavy (non-hydrogen) atoms. The molecule has 1 aromatic carbocycles. The summed E-state index contributed by atoms with van der Waals surface area (Å²) in [5, 5.41) is 3.24. The molecule has 1 fully saturated rings. The Bertz CT molecular complexity index is 659. The van der Waals surface area contributed by atoms with Gasteiger partial charge in [0.1, 0.15) is 5.75 Å². The number of rotatable bonds is 6. The molecule has 0 unspecified atom stereocenters. The maximum Gasteiger partial charge on any atom is 0.124 e. The number of nitrogens with zero attached hydrogens (tertiary/aromatic N) is 1. The lowest BCUT2D eigenvalue weighted by atomic mass is 9.83. The molecule has 1 saturated carbocycles. The van der Waals surface area contributed by atoms with Crippen molar-refractivity contribution in [3.8, 4) is 16.2 Å². The average Bonchev–Trinajstić information content (AvgIpc) is 3.02. The predicted molar refractivity (Wildman–Crippen MR) is 102 cm³/mol. The number of nitrogens with one attached hydrogen (secondary N) is 1. The quantitative estimate of drug-likeness (QED) is 0.797. The van der Waals surface area contributed by atoms with Crippen LogP contribution in [0.1, 0.15) is 43.9 Å². The van der Waals surface area contributed by atoms with Crippen LogP contribution in [-0.2, 0) is 6.54 Å². The highest BCUT2D eigenvalue weighted by molar-refractivity contribution is 7.13. The molecule has 0 atom stereocenters. The van der Waals surface area contributed by atoms with E-state index in [1.165, 1.54) is 41.7 Å². The Morgan fingerprint density at radius 3 is 2.71 bits per heavy atom. The van der Waals surface area contributed by atoms with Crippen LogP contribution in [0.3, 0.4) is 0 Å². The number of aryl methyl sites for hydroxylation is 1. The first kappa shape index (κ1) is 17.4. The molecule has 3 rings (SSSR count). The molecule has 4 heteroatoms. The zero-order chi connectivity index (χ0) is 16.9. The lowest BCUT2D eigenvalue weighted by Gasteiger charge is -2.26. The molecule has 0 aliphatic heterocycles. The summed E-state index contributed by atoms with van der Waals surface area (Å²) in [4.78, 5) is 5.61. The van der Waals surface area contributed by atoms with Gasteiger partial charge in [0.05, 0.1) is 22.7 Å². The minimum Gasteiger partial charge on any atom is -0.493 e. The Kier molecular flexibility index (Phi) is 5.90. The van der Waals surface area contributed by atoms with E-state index < -0.39 is 0 Å². The Labute approximate surface area is 149 Å². The van der Waals surface area contributed by atoms with Gasteiger partial charge in [-0.3, -0.25) is 0 Å². The molecule has 0 radical (unpaired) electrons. The van der Waals surface area contributed by atoms with E-state index in [0.29, 0.717) is 5.92 Å². The third-order valence-corrected chi connectivity index (χ3v) is 6.03. The van der Waals surface area contributed by atoms with Gasteiger partial charge >= 0.3 is 0 Å². The molecule has 1 heterocycles. The molecule has 1 aromatic heterocycles. The van der Waals surface area contributed by atoms with E-state index in [1.54, 1.807) is 11.3 Å². The summed E-state index contributed by atoms with van der Waals surface area (Å²) in [6.07, 6.45) is 5.29. The third-order valence-electron chi connectivity index (χ3n) is 5.05. The number of thiazole rings is 1. The van der Waals surface area contributed by atoms with E-state index in [0.717, 1.165) is 30.5 Å². The van der Waals surface area contributed by atoms with E-state index in [9.17, 15) is 0 Å². The Morgan fingerprint density at radius 1 is 1.25 bits per heavy atom. The van der Waals surface area contributed by atoms with Crippen molar-refractivity contribution in [2.24, 2.45) is 11.8 Å². The second-order valence-electron chi connectivity index (χ2n) is 7.06. The highest BCUT2D eigenvalue weighted by atomic mass is 32.1. The summed E-state index contributed by atoms with van der Waals surface area (Å²) in [6.45, 7) is 6.10. The second kappa shape index (κ2) is 8.13. The maximum atomic E-state index is 6.29. The van der Waals surface area contributed by atoms with Crippen LogP contribution in [0.15, 0.2) is 23.7 Å². The number of hydrogen-bond acceptors (Lipinski definition) is 4. The number of aromatic nitrogens is 1. The van der Waals surface area contributed by atoms with Crippen LogP contribution in [0.25, 0.3) is 10.4 Å². The fraction of sp³-hybridized carbons (Fsp3) is 0.550. The molecular formula is C20H28N2OS. The topological polar surface area (TPSA) is 34.2 Å². The van der Waals surface area contributed by atoms with Gasteiger partial charge in [-0.05, 0) is 50.3 Å². The van der Waals surface area contributed by atoms with E-state index in [-0.39, 0.29) is 0 Å². The van der Waals surface area contributed by atoms with Crippen molar-refractivity contribution in [3.05, 3.63) is 35.0 Å². The van der Waals surface area contributed by atoms with Crippen molar-refractivity contribution in [1.82, 2.24) is 10.3 Å². The summed E-state index contributed by atoms with van der Waals surface area (Å²) in [6, 6.07) is 6.56. The van der Waals surface area contributed by atoms with E-state index >= 15 is 0 Å².